The second-order valence-electron chi connectivity index (χ2n) is 3.68. The van der Waals surface area contributed by atoms with E-state index in [2.05, 4.69) is 0 Å². The van der Waals surface area contributed by atoms with Crippen LogP contribution in [0.2, 0.25) is 0 Å². The van der Waals surface area contributed by atoms with Crippen LogP contribution in [0.4, 0.5) is 13.2 Å². The van der Waals surface area contributed by atoms with Crippen LogP contribution in [-0.2, 0) is 4.79 Å². The molecule has 0 aliphatic carbocycles. The van der Waals surface area contributed by atoms with Crippen LogP contribution >= 0.6 is 0 Å². The summed E-state index contributed by atoms with van der Waals surface area (Å²) >= 11 is 0. The highest BCUT2D eigenvalue weighted by atomic mass is 19.4. The molecule has 0 aliphatic heterocycles. The molecule has 0 atom stereocenters. The molecule has 1 aromatic carbocycles. The van der Waals surface area contributed by atoms with E-state index in [0.29, 0.717) is 11.3 Å². The van der Waals surface area contributed by atoms with Crippen molar-refractivity contribution in [3.63, 3.8) is 0 Å². The maximum absolute atomic E-state index is 11.8. The Morgan fingerprint density at radius 1 is 1.35 bits per heavy atom. The Balaban J connectivity index is 2.49. The van der Waals surface area contributed by atoms with Gasteiger partial charge in [-0.1, -0.05) is 12.1 Å². The molecule has 1 amide bonds. The zero-order valence-electron chi connectivity index (χ0n) is 10.3. The molecule has 1 aromatic rings. The number of benzene rings is 1. The average molecular weight is 284 g/mol. The lowest BCUT2D eigenvalue weighted by Gasteiger charge is -2.05. The molecule has 4 nitrogen and oxygen atoms in total. The van der Waals surface area contributed by atoms with Crippen LogP contribution in [0.1, 0.15) is 5.56 Å². The van der Waals surface area contributed by atoms with Crippen molar-refractivity contribution in [2.24, 2.45) is 0 Å². The lowest BCUT2D eigenvalue weighted by Crippen LogP contribution is -2.32. The molecule has 1 rings (SSSR count). The quantitative estimate of drug-likeness (QED) is 0.844. The van der Waals surface area contributed by atoms with Crippen LogP contribution in [-0.4, -0.2) is 25.2 Å². The van der Waals surface area contributed by atoms with Gasteiger partial charge in [0.2, 0.25) is 5.91 Å². The van der Waals surface area contributed by atoms with Crippen molar-refractivity contribution in [2.45, 2.75) is 6.18 Å². The summed E-state index contributed by atoms with van der Waals surface area (Å²) < 4.78 is 40.6. The van der Waals surface area contributed by atoms with Gasteiger partial charge >= 0.3 is 6.18 Å². The normalized spacial score (nSPS) is 11.1. The maximum atomic E-state index is 11.8. The number of rotatable bonds is 5. The van der Waals surface area contributed by atoms with Gasteiger partial charge in [-0.2, -0.15) is 18.4 Å². The summed E-state index contributed by atoms with van der Waals surface area (Å²) in [6.45, 7) is -1.44. The average Bonchev–Trinajstić information content (AvgIpc) is 2.41. The third-order valence-electron chi connectivity index (χ3n) is 2.07. The van der Waals surface area contributed by atoms with E-state index in [1.165, 1.54) is 6.08 Å². The minimum absolute atomic E-state index is 0.0744. The summed E-state index contributed by atoms with van der Waals surface area (Å²) in [4.78, 5) is 11.1. The molecule has 0 saturated heterocycles. The summed E-state index contributed by atoms with van der Waals surface area (Å²) in [5, 5.41) is 10.0. The molecule has 0 aliphatic rings. The number of amides is 1. The first-order valence-corrected chi connectivity index (χ1v) is 5.53. The number of nitriles is 1. The maximum Gasteiger partial charge on any atom is 0.405 e. The fourth-order valence-corrected chi connectivity index (χ4v) is 1.21. The monoisotopic (exact) mass is 284 g/mol. The van der Waals surface area contributed by atoms with Crippen molar-refractivity contribution in [2.75, 3.05) is 13.2 Å². The van der Waals surface area contributed by atoms with Crippen molar-refractivity contribution in [3.05, 3.63) is 35.9 Å². The Morgan fingerprint density at radius 2 is 2.00 bits per heavy atom. The summed E-state index contributed by atoms with van der Waals surface area (Å²) in [6.07, 6.45) is -2.04. The predicted octanol–water partition coefficient (Wildman–Crippen LogP) is 2.28. The molecular formula is C13H11F3N2O2. The number of ether oxygens (including phenoxy) is 1. The highest BCUT2D eigenvalue weighted by Crippen LogP contribution is 2.13. The Labute approximate surface area is 113 Å². The first-order valence-electron chi connectivity index (χ1n) is 5.53. The van der Waals surface area contributed by atoms with Crippen LogP contribution in [0, 0.1) is 11.3 Å². The van der Waals surface area contributed by atoms with Crippen LogP contribution in [0.15, 0.2) is 30.3 Å². The number of carbonyl (C=O) groups excluding carboxylic acids is 1. The van der Waals surface area contributed by atoms with Gasteiger partial charge in [-0.25, -0.2) is 0 Å². The number of nitrogens with one attached hydrogen (secondary N) is 1. The van der Waals surface area contributed by atoms with E-state index >= 15 is 0 Å². The summed E-state index contributed by atoms with van der Waals surface area (Å²) in [7, 11) is 0. The van der Waals surface area contributed by atoms with E-state index in [1.807, 2.05) is 6.07 Å². The van der Waals surface area contributed by atoms with E-state index in [1.54, 1.807) is 29.6 Å². The van der Waals surface area contributed by atoms with Gasteiger partial charge in [-0.15, -0.1) is 0 Å². The molecule has 7 heteroatoms. The zero-order chi connectivity index (χ0) is 15.0. The summed E-state index contributed by atoms with van der Waals surface area (Å²) in [6, 6.07) is 8.21. The van der Waals surface area contributed by atoms with Crippen molar-refractivity contribution in [3.8, 4) is 11.8 Å². The van der Waals surface area contributed by atoms with Crippen molar-refractivity contribution >= 4 is 12.0 Å². The predicted molar refractivity (Wildman–Crippen MR) is 65.6 cm³/mol. The van der Waals surface area contributed by atoms with Crippen molar-refractivity contribution < 1.29 is 22.7 Å². The van der Waals surface area contributed by atoms with Gasteiger partial charge in [-0.3, -0.25) is 4.79 Å². The third kappa shape index (κ3) is 6.44. The first kappa shape index (κ1) is 15.6. The topological polar surface area (TPSA) is 62.1 Å². The Morgan fingerprint density at radius 3 is 2.55 bits per heavy atom. The lowest BCUT2D eigenvalue weighted by atomic mass is 10.2. The van der Waals surface area contributed by atoms with Crippen molar-refractivity contribution in [1.29, 1.82) is 5.26 Å². The van der Waals surface area contributed by atoms with E-state index in [9.17, 15) is 18.0 Å². The minimum atomic E-state index is -4.43. The molecule has 0 unspecified atom stereocenters. The second kappa shape index (κ2) is 7.19. The Hall–Kier alpha value is -2.49. The first-order chi connectivity index (χ1) is 9.40. The fraction of sp³-hybridized carbons (Fsp3) is 0.231. The molecule has 0 saturated carbocycles. The standard InChI is InChI=1S/C13H11F3N2O2/c14-13(15,16)9-18-12(19)6-3-10-1-4-11(5-2-10)20-8-7-17/h1-6H,8-9H2,(H,18,19)/b6-3+. The van der Waals surface area contributed by atoms with Gasteiger partial charge in [0.1, 0.15) is 18.4 Å². The number of hydrogen-bond acceptors (Lipinski definition) is 3. The van der Waals surface area contributed by atoms with E-state index in [-0.39, 0.29) is 6.61 Å². The van der Waals surface area contributed by atoms with E-state index in [0.717, 1.165) is 6.08 Å². The van der Waals surface area contributed by atoms with Gasteiger partial charge in [-0.05, 0) is 23.8 Å². The smallest absolute Gasteiger partial charge is 0.405 e. The molecule has 106 valence electrons. The van der Waals surface area contributed by atoms with Crippen LogP contribution in [0.5, 0.6) is 5.75 Å². The van der Waals surface area contributed by atoms with Gasteiger partial charge < -0.3 is 10.1 Å². The molecular weight excluding hydrogens is 273 g/mol. The highest BCUT2D eigenvalue weighted by molar-refractivity contribution is 5.91. The largest absolute Gasteiger partial charge is 0.479 e. The number of hydrogen-bond donors (Lipinski definition) is 1. The minimum Gasteiger partial charge on any atom is -0.479 e. The summed E-state index contributed by atoms with van der Waals surface area (Å²) in [5.74, 6) is -0.336. The Kier molecular flexibility index (Phi) is 5.59. The zero-order valence-corrected chi connectivity index (χ0v) is 10.3. The fourth-order valence-electron chi connectivity index (χ4n) is 1.21. The third-order valence-corrected chi connectivity index (χ3v) is 2.07. The molecule has 1 N–H and O–H groups in total. The Bertz CT molecular complexity index is 516. The van der Waals surface area contributed by atoms with Gasteiger partial charge in [0.25, 0.3) is 0 Å². The molecule has 0 heterocycles. The van der Waals surface area contributed by atoms with E-state index < -0.39 is 18.6 Å². The number of alkyl halides is 3. The number of carbonyl (C=O) groups is 1. The highest BCUT2D eigenvalue weighted by Gasteiger charge is 2.27. The van der Waals surface area contributed by atoms with Gasteiger partial charge in [0.15, 0.2) is 6.61 Å². The molecule has 20 heavy (non-hydrogen) atoms. The summed E-state index contributed by atoms with van der Waals surface area (Å²) in [5.41, 5.74) is 0.622. The van der Waals surface area contributed by atoms with Gasteiger partial charge in [0, 0.05) is 6.08 Å². The van der Waals surface area contributed by atoms with Crippen LogP contribution < -0.4 is 10.1 Å². The molecule has 0 fully saturated rings. The van der Waals surface area contributed by atoms with Crippen LogP contribution in [0.25, 0.3) is 6.08 Å². The van der Waals surface area contributed by atoms with Crippen LogP contribution in [0.3, 0.4) is 0 Å². The molecule has 0 radical (unpaired) electrons. The molecule has 0 aromatic heterocycles. The molecule has 0 bridgehead atoms. The lowest BCUT2D eigenvalue weighted by molar-refractivity contribution is -0.135. The second-order valence-corrected chi connectivity index (χ2v) is 3.68. The van der Waals surface area contributed by atoms with E-state index in [4.69, 9.17) is 10.00 Å². The number of nitrogens with zero attached hydrogens (tertiary/aromatic N) is 1. The molecule has 0 spiro atoms. The number of halogens is 3. The SMILES string of the molecule is N#CCOc1ccc(/C=C/C(=O)NCC(F)(F)F)cc1. The van der Waals surface area contributed by atoms with Gasteiger partial charge in [0.05, 0.1) is 0 Å². The van der Waals surface area contributed by atoms with Crippen molar-refractivity contribution in [1.82, 2.24) is 5.32 Å².